The average Bonchev–Trinajstić information content (AvgIpc) is 2.48. The first-order valence-electron chi connectivity index (χ1n) is 8.23. The van der Waals surface area contributed by atoms with E-state index in [1.165, 1.54) is 0 Å². The van der Waals surface area contributed by atoms with Crippen molar-refractivity contribution in [3.63, 3.8) is 0 Å². The highest BCUT2D eigenvalue weighted by molar-refractivity contribution is 7.86. The van der Waals surface area contributed by atoms with Gasteiger partial charge in [-0.1, -0.05) is 17.7 Å². The van der Waals surface area contributed by atoms with Gasteiger partial charge in [0, 0.05) is 6.61 Å². The average molecular weight is 358 g/mol. The molecule has 1 aromatic carbocycles. The molecule has 1 aromatic rings. The van der Waals surface area contributed by atoms with Gasteiger partial charge in [-0.2, -0.15) is 8.42 Å². The molecule has 0 unspecified atom stereocenters. The van der Waals surface area contributed by atoms with Crippen molar-refractivity contribution in [1.29, 1.82) is 0 Å². The fourth-order valence-corrected chi connectivity index (χ4v) is 3.62. The van der Waals surface area contributed by atoms with E-state index >= 15 is 0 Å². The second kappa shape index (κ2) is 8.40. The van der Waals surface area contributed by atoms with Crippen LogP contribution in [0, 0.1) is 18.8 Å². The van der Waals surface area contributed by atoms with Gasteiger partial charge in [-0.25, -0.2) is 0 Å². The minimum atomic E-state index is -3.65. The van der Waals surface area contributed by atoms with Crippen molar-refractivity contribution >= 4 is 10.1 Å². The van der Waals surface area contributed by atoms with Gasteiger partial charge in [0.25, 0.3) is 10.1 Å². The Bertz CT molecular complexity index is 600. The molecule has 24 heavy (non-hydrogen) atoms. The molecule has 0 spiro atoms. The van der Waals surface area contributed by atoms with E-state index in [1.807, 2.05) is 6.92 Å². The third-order valence-corrected chi connectivity index (χ3v) is 5.74. The molecule has 0 bridgehead atoms. The maximum atomic E-state index is 11.8. The molecule has 2 fully saturated rings. The maximum Gasteiger partial charge on any atom is 0.296 e. The fourth-order valence-electron chi connectivity index (χ4n) is 2.64. The molecule has 7 heteroatoms. The van der Waals surface area contributed by atoms with Crippen LogP contribution >= 0.6 is 0 Å². The minimum absolute atomic E-state index is 0.114. The highest BCUT2D eigenvalue weighted by atomic mass is 32.2. The Morgan fingerprint density at radius 3 is 1.92 bits per heavy atom. The lowest BCUT2D eigenvalue weighted by Crippen LogP contribution is -2.32. The Hall–Kier alpha value is -0.990. The molecular formula is C17H26O6S. The lowest BCUT2D eigenvalue weighted by molar-refractivity contribution is 0.0149. The third kappa shape index (κ3) is 5.53. The largest absolute Gasteiger partial charge is 0.396 e. The first-order valence-corrected chi connectivity index (χ1v) is 9.64. The topological polar surface area (TPSA) is 104 Å². The second-order valence-corrected chi connectivity index (χ2v) is 8.33. The van der Waals surface area contributed by atoms with Gasteiger partial charge in [-0.15, -0.1) is 0 Å². The number of benzene rings is 1. The van der Waals surface area contributed by atoms with Gasteiger partial charge < -0.3 is 15.3 Å². The van der Waals surface area contributed by atoms with Crippen LogP contribution in [0.3, 0.4) is 0 Å². The highest BCUT2D eigenvalue weighted by Crippen LogP contribution is 2.28. The van der Waals surface area contributed by atoms with Crippen molar-refractivity contribution in [3.8, 4) is 0 Å². The van der Waals surface area contributed by atoms with E-state index in [2.05, 4.69) is 0 Å². The van der Waals surface area contributed by atoms with E-state index < -0.39 is 10.1 Å². The first-order chi connectivity index (χ1) is 11.3. The second-order valence-electron chi connectivity index (χ2n) is 6.72. The minimum Gasteiger partial charge on any atom is -0.396 e. The number of aliphatic hydroxyl groups is 3. The van der Waals surface area contributed by atoms with Crippen molar-refractivity contribution in [3.05, 3.63) is 29.8 Å². The van der Waals surface area contributed by atoms with Crippen LogP contribution in [-0.4, -0.2) is 49.2 Å². The molecule has 0 saturated heterocycles. The van der Waals surface area contributed by atoms with Crippen molar-refractivity contribution in [2.45, 2.75) is 49.7 Å². The van der Waals surface area contributed by atoms with Crippen molar-refractivity contribution in [2.75, 3.05) is 13.2 Å². The third-order valence-electron chi connectivity index (χ3n) is 4.45. The number of aliphatic hydroxyl groups excluding tert-OH is 3. The molecule has 0 radical (unpaired) electrons. The maximum absolute atomic E-state index is 11.8. The van der Waals surface area contributed by atoms with E-state index in [1.54, 1.807) is 24.3 Å². The molecule has 0 atom stereocenters. The zero-order valence-corrected chi connectivity index (χ0v) is 14.7. The number of hydrogen-bond acceptors (Lipinski definition) is 6. The Morgan fingerprint density at radius 1 is 1.00 bits per heavy atom. The van der Waals surface area contributed by atoms with E-state index in [-0.39, 0.29) is 36.2 Å². The van der Waals surface area contributed by atoms with E-state index in [0.29, 0.717) is 18.8 Å². The standard InChI is InChI=1S/C12H16O4S.C5H10O2/c1-9-2-4-12(5-3-9)17(14,15)16-8-10-6-11(13)7-10;6-3-4-1-5(7)2-4/h2-5,10-11,13H,6-8H2,1H3;4-7H,1-3H2. The summed E-state index contributed by atoms with van der Waals surface area (Å²) in [5, 5.41) is 26.1. The van der Waals surface area contributed by atoms with E-state index in [4.69, 9.17) is 19.5 Å². The van der Waals surface area contributed by atoms with Gasteiger partial charge in [0.15, 0.2) is 0 Å². The molecule has 0 heterocycles. The lowest BCUT2D eigenvalue weighted by Gasteiger charge is -2.30. The lowest BCUT2D eigenvalue weighted by atomic mass is 9.83. The Morgan fingerprint density at radius 2 is 1.50 bits per heavy atom. The molecule has 0 amide bonds. The first kappa shape index (κ1) is 19.3. The summed E-state index contributed by atoms with van der Waals surface area (Å²) in [6, 6.07) is 6.56. The molecule has 3 N–H and O–H groups in total. The van der Waals surface area contributed by atoms with Gasteiger partial charge in [-0.3, -0.25) is 4.18 Å². The summed E-state index contributed by atoms with van der Waals surface area (Å²) in [5.41, 5.74) is 1.01. The molecule has 0 aliphatic heterocycles. The fraction of sp³-hybridized carbons (Fsp3) is 0.647. The SMILES string of the molecule is Cc1ccc(S(=O)(=O)OCC2CC(O)C2)cc1.OCC1CC(O)C1. The van der Waals surface area contributed by atoms with Crippen molar-refractivity contribution in [2.24, 2.45) is 11.8 Å². The predicted octanol–water partition coefficient (Wildman–Crippen LogP) is 1.22. The Balaban J connectivity index is 0.000000249. The van der Waals surface area contributed by atoms with Gasteiger partial charge >= 0.3 is 0 Å². The summed E-state index contributed by atoms with van der Waals surface area (Å²) >= 11 is 0. The molecule has 0 aromatic heterocycles. The van der Waals surface area contributed by atoms with Crippen LogP contribution in [0.25, 0.3) is 0 Å². The smallest absolute Gasteiger partial charge is 0.296 e. The molecular weight excluding hydrogens is 332 g/mol. The summed E-state index contributed by atoms with van der Waals surface area (Å²) in [5.74, 6) is 0.556. The van der Waals surface area contributed by atoms with Crippen LogP contribution in [0.15, 0.2) is 29.2 Å². The number of aryl methyl sites for hydroxylation is 1. The molecule has 3 rings (SSSR count). The van der Waals surface area contributed by atoms with Crippen LogP contribution < -0.4 is 0 Å². The van der Waals surface area contributed by atoms with Crippen LogP contribution in [0.1, 0.15) is 31.2 Å². The zero-order chi connectivity index (χ0) is 17.7. The van der Waals surface area contributed by atoms with E-state index in [0.717, 1.165) is 18.4 Å². The van der Waals surface area contributed by atoms with Crippen molar-refractivity contribution in [1.82, 2.24) is 0 Å². The van der Waals surface area contributed by atoms with Crippen LogP contribution in [0.5, 0.6) is 0 Å². The summed E-state index contributed by atoms with van der Waals surface area (Å²) in [7, 11) is -3.65. The monoisotopic (exact) mass is 358 g/mol. The Kier molecular flexibility index (Phi) is 6.77. The number of rotatable bonds is 5. The molecule has 2 aliphatic rings. The summed E-state index contributed by atoms with van der Waals surface area (Å²) in [6.07, 6.45) is 2.46. The van der Waals surface area contributed by atoms with Gasteiger partial charge in [0.1, 0.15) is 0 Å². The van der Waals surface area contributed by atoms with Gasteiger partial charge in [0.05, 0.1) is 23.7 Å². The summed E-state index contributed by atoms with van der Waals surface area (Å²) in [4.78, 5) is 0.183. The molecule has 6 nitrogen and oxygen atoms in total. The van der Waals surface area contributed by atoms with Crippen LogP contribution in [0.4, 0.5) is 0 Å². The normalized spacial score (nSPS) is 29.0. The summed E-state index contributed by atoms with van der Waals surface area (Å²) in [6.45, 7) is 2.30. The molecule has 2 aliphatic carbocycles. The molecule has 2 saturated carbocycles. The van der Waals surface area contributed by atoms with E-state index in [9.17, 15) is 8.42 Å². The number of hydrogen-bond donors (Lipinski definition) is 3. The zero-order valence-electron chi connectivity index (χ0n) is 13.8. The molecule has 136 valence electrons. The summed E-state index contributed by atoms with van der Waals surface area (Å²) < 4.78 is 28.5. The van der Waals surface area contributed by atoms with Crippen LogP contribution in [-0.2, 0) is 14.3 Å². The highest BCUT2D eigenvalue weighted by Gasteiger charge is 2.29. The van der Waals surface area contributed by atoms with Crippen LogP contribution in [0.2, 0.25) is 0 Å². The van der Waals surface area contributed by atoms with Crippen molar-refractivity contribution < 1.29 is 27.9 Å². The van der Waals surface area contributed by atoms with Gasteiger partial charge in [0.2, 0.25) is 0 Å². The predicted molar refractivity (Wildman–Crippen MR) is 88.9 cm³/mol. The Labute approximate surface area is 143 Å². The van der Waals surface area contributed by atoms with Gasteiger partial charge in [-0.05, 0) is 56.6 Å². The quantitative estimate of drug-likeness (QED) is 0.684.